The maximum Gasteiger partial charge on any atom is 0.171 e. The van der Waals surface area contributed by atoms with Crippen LogP contribution in [0.3, 0.4) is 0 Å². The lowest BCUT2D eigenvalue weighted by Gasteiger charge is -2.03. The van der Waals surface area contributed by atoms with Gasteiger partial charge in [-0.2, -0.15) is 5.10 Å². The van der Waals surface area contributed by atoms with Crippen LogP contribution in [0.1, 0.15) is 16.2 Å². The molecule has 0 aliphatic carbocycles. The largest absolute Gasteiger partial charge is 0.294 e. The highest BCUT2D eigenvalue weighted by atomic mass is 79.9. The maximum absolute atomic E-state index is 13.1. The van der Waals surface area contributed by atoms with Gasteiger partial charge in [0.15, 0.2) is 5.78 Å². The van der Waals surface area contributed by atoms with E-state index in [1.807, 2.05) is 0 Å². The Bertz CT molecular complexity index is 568. The number of carbonyl (C=O) groups is 1. The Labute approximate surface area is 106 Å². The summed E-state index contributed by atoms with van der Waals surface area (Å²) in [5.41, 5.74) is 0.313. The number of aryl methyl sites for hydroxylation is 1. The normalized spacial score (nSPS) is 10.5. The molecule has 2 aromatic rings. The summed E-state index contributed by atoms with van der Waals surface area (Å²) in [7, 11) is 1.70. The summed E-state index contributed by atoms with van der Waals surface area (Å²) in [5.74, 6) is -0.0897. The lowest BCUT2D eigenvalue weighted by atomic mass is 10.1. The number of halogens is 2. The molecular formula is C11H9BrFN3O. The van der Waals surface area contributed by atoms with Crippen LogP contribution in [-0.4, -0.2) is 20.5 Å². The number of carbonyl (C=O) groups excluding carboxylic acids is 1. The third-order valence-electron chi connectivity index (χ3n) is 2.35. The number of hydrogen-bond donors (Lipinski definition) is 0. The second-order valence-corrected chi connectivity index (χ2v) is 4.38. The first-order valence-corrected chi connectivity index (χ1v) is 5.68. The Morgan fingerprint density at radius 2 is 2.29 bits per heavy atom. The molecule has 1 aromatic carbocycles. The monoisotopic (exact) mass is 297 g/mol. The van der Waals surface area contributed by atoms with Gasteiger partial charge < -0.3 is 0 Å². The number of ketones is 1. The molecule has 0 spiro atoms. The quantitative estimate of drug-likeness (QED) is 0.816. The van der Waals surface area contributed by atoms with Crippen LogP contribution in [0.15, 0.2) is 29.0 Å². The van der Waals surface area contributed by atoms with Crippen LogP contribution in [0.4, 0.5) is 4.39 Å². The molecular weight excluding hydrogens is 289 g/mol. The minimum atomic E-state index is -0.436. The minimum absolute atomic E-state index is 0.0958. The van der Waals surface area contributed by atoms with E-state index in [2.05, 4.69) is 26.0 Å². The molecule has 0 atom stereocenters. The van der Waals surface area contributed by atoms with Crippen LogP contribution in [0.2, 0.25) is 0 Å². The highest BCUT2D eigenvalue weighted by Crippen LogP contribution is 2.19. The zero-order valence-corrected chi connectivity index (χ0v) is 10.6. The first-order chi connectivity index (χ1) is 8.08. The molecule has 0 amide bonds. The van der Waals surface area contributed by atoms with Gasteiger partial charge in [-0.25, -0.2) is 9.37 Å². The minimum Gasteiger partial charge on any atom is -0.294 e. The molecule has 0 fully saturated rings. The van der Waals surface area contributed by atoms with Crippen molar-refractivity contribution in [1.82, 2.24) is 14.8 Å². The molecule has 0 N–H and O–H groups in total. The summed E-state index contributed by atoms with van der Waals surface area (Å²) in [4.78, 5) is 15.9. The van der Waals surface area contributed by atoms with Gasteiger partial charge in [0.05, 0.1) is 6.42 Å². The Morgan fingerprint density at radius 1 is 1.53 bits per heavy atom. The molecule has 0 bridgehead atoms. The molecule has 6 heteroatoms. The van der Waals surface area contributed by atoms with E-state index >= 15 is 0 Å². The summed E-state index contributed by atoms with van der Waals surface area (Å²) in [6, 6.07) is 4.02. The van der Waals surface area contributed by atoms with Gasteiger partial charge in [0, 0.05) is 17.1 Å². The van der Waals surface area contributed by atoms with Gasteiger partial charge in [0.2, 0.25) is 0 Å². The van der Waals surface area contributed by atoms with Crippen LogP contribution in [-0.2, 0) is 13.5 Å². The third-order valence-corrected chi connectivity index (χ3v) is 3.04. The molecule has 88 valence electrons. The molecule has 2 rings (SSSR count). The van der Waals surface area contributed by atoms with Crippen LogP contribution in [0.5, 0.6) is 0 Å². The van der Waals surface area contributed by atoms with Crippen molar-refractivity contribution in [2.45, 2.75) is 6.42 Å². The number of Topliss-reactive ketones (excluding diaryl/α,β-unsaturated/α-hetero) is 1. The summed E-state index contributed by atoms with van der Waals surface area (Å²) in [5, 5.41) is 3.87. The van der Waals surface area contributed by atoms with E-state index < -0.39 is 5.82 Å². The van der Waals surface area contributed by atoms with Crippen LogP contribution >= 0.6 is 15.9 Å². The van der Waals surface area contributed by atoms with Crippen molar-refractivity contribution in [3.05, 3.63) is 46.2 Å². The van der Waals surface area contributed by atoms with Crippen molar-refractivity contribution in [1.29, 1.82) is 0 Å². The highest BCUT2D eigenvalue weighted by molar-refractivity contribution is 9.10. The zero-order chi connectivity index (χ0) is 12.4. The first-order valence-electron chi connectivity index (χ1n) is 4.89. The molecule has 1 aromatic heterocycles. The highest BCUT2D eigenvalue weighted by Gasteiger charge is 2.14. The van der Waals surface area contributed by atoms with E-state index in [1.54, 1.807) is 7.05 Å². The average molecular weight is 298 g/mol. The number of nitrogens with zero attached hydrogens (tertiary/aromatic N) is 3. The predicted molar refractivity (Wildman–Crippen MR) is 63.1 cm³/mol. The lowest BCUT2D eigenvalue weighted by molar-refractivity contribution is 0.0988. The molecule has 0 saturated carbocycles. The zero-order valence-electron chi connectivity index (χ0n) is 9.02. The number of aromatic nitrogens is 3. The van der Waals surface area contributed by atoms with Gasteiger partial charge in [-0.05, 0) is 18.2 Å². The van der Waals surface area contributed by atoms with E-state index in [0.717, 1.165) is 0 Å². The van der Waals surface area contributed by atoms with Crippen LogP contribution in [0, 0.1) is 5.82 Å². The first kappa shape index (κ1) is 11.9. The summed E-state index contributed by atoms with van der Waals surface area (Å²) in [6.45, 7) is 0. The Balaban J connectivity index is 2.26. The molecule has 1 heterocycles. The van der Waals surface area contributed by atoms with Crippen molar-refractivity contribution in [2.24, 2.45) is 7.05 Å². The van der Waals surface area contributed by atoms with E-state index in [0.29, 0.717) is 15.9 Å². The van der Waals surface area contributed by atoms with Crippen molar-refractivity contribution in [3.63, 3.8) is 0 Å². The number of hydrogen-bond acceptors (Lipinski definition) is 3. The smallest absolute Gasteiger partial charge is 0.171 e. The molecule has 0 aliphatic rings. The maximum atomic E-state index is 13.1. The van der Waals surface area contributed by atoms with E-state index in [4.69, 9.17) is 0 Å². The molecule has 4 nitrogen and oxygen atoms in total. The second kappa shape index (κ2) is 4.75. The van der Waals surface area contributed by atoms with Gasteiger partial charge >= 0.3 is 0 Å². The third kappa shape index (κ3) is 2.58. The summed E-state index contributed by atoms with van der Waals surface area (Å²) in [6.07, 6.45) is 1.47. The van der Waals surface area contributed by atoms with Gasteiger partial charge in [-0.1, -0.05) is 15.9 Å². The molecule has 0 saturated heterocycles. The average Bonchev–Trinajstić information content (AvgIpc) is 2.68. The molecule has 0 aliphatic heterocycles. The summed E-state index contributed by atoms with van der Waals surface area (Å²) >= 11 is 3.22. The van der Waals surface area contributed by atoms with E-state index in [-0.39, 0.29) is 12.2 Å². The SMILES string of the molecule is Cn1ncnc1CC(=O)c1cc(F)ccc1Br. The van der Waals surface area contributed by atoms with Gasteiger partial charge in [-0.3, -0.25) is 9.48 Å². The summed E-state index contributed by atoms with van der Waals surface area (Å²) < 4.78 is 15.2. The number of rotatable bonds is 3. The van der Waals surface area contributed by atoms with Gasteiger partial charge in [0.1, 0.15) is 18.0 Å². The van der Waals surface area contributed by atoms with Crippen molar-refractivity contribution >= 4 is 21.7 Å². The van der Waals surface area contributed by atoms with Crippen LogP contribution < -0.4 is 0 Å². The lowest BCUT2D eigenvalue weighted by Crippen LogP contribution is -2.10. The van der Waals surface area contributed by atoms with Crippen molar-refractivity contribution < 1.29 is 9.18 Å². The van der Waals surface area contributed by atoms with Crippen molar-refractivity contribution in [2.75, 3.05) is 0 Å². The van der Waals surface area contributed by atoms with Crippen molar-refractivity contribution in [3.8, 4) is 0 Å². The molecule has 0 radical (unpaired) electrons. The van der Waals surface area contributed by atoms with E-state index in [1.165, 1.54) is 29.2 Å². The van der Waals surface area contributed by atoms with Gasteiger partial charge in [0.25, 0.3) is 0 Å². The fraction of sp³-hybridized carbons (Fsp3) is 0.182. The fourth-order valence-corrected chi connectivity index (χ4v) is 1.90. The standard InChI is InChI=1S/C11H9BrFN3O/c1-16-11(14-6-15-16)5-10(17)8-4-7(13)2-3-9(8)12/h2-4,6H,5H2,1H3. The van der Waals surface area contributed by atoms with Gasteiger partial charge in [-0.15, -0.1) is 0 Å². The predicted octanol–water partition coefficient (Wildman–Crippen LogP) is 2.14. The number of benzene rings is 1. The molecule has 0 unspecified atom stereocenters. The topological polar surface area (TPSA) is 47.8 Å². The Kier molecular flexibility index (Phi) is 3.33. The Morgan fingerprint density at radius 3 is 2.94 bits per heavy atom. The molecule has 17 heavy (non-hydrogen) atoms. The fourth-order valence-electron chi connectivity index (χ4n) is 1.43. The van der Waals surface area contributed by atoms with E-state index in [9.17, 15) is 9.18 Å². The van der Waals surface area contributed by atoms with Crippen LogP contribution in [0.25, 0.3) is 0 Å². The Hall–Kier alpha value is -1.56. The second-order valence-electron chi connectivity index (χ2n) is 3.52.